The molecule has 0 saturated carbocycles. The monoisotopic (exact) mass is 178 g/mol. The summed E-state index contributed by atoms with van der Waals surface area (Å²) >= 11 is 0. The Morgan fingerprint density at radius 3 is 2.77 bits per heavy atom. The standard InChI is InChI=1S/C11H18N2/c1-10-3-2-4-11(9-10)13-7-5-12-6-8-13/h3,9,12H,2,4-8H2,1H3. The first-order chi connectivity index (χ1) is 6.36. The molecule has 1 N–H and O–H groups in total. The van der Waals surface area contributed by atoms with Gasteiger partial charge < -0.3 is 10.2 Å². The van der Waals surface area contributed by atoms with Crippen molar-refractivity contribution < 1.29 is 0 Å². The van der Waals surface area contributed by atoms with Crippen molar-refractivity contribution in [1.29, 1.82) is 0 Å². The maximum Gasteiger partial charge on any atom is 0.0300 e. The molecule has 2 rings (SSSR count). The summed E-state index contributed by atoms with van der Waals surface area (Å²) in [6, 6.07) is 0. The first kappa shape index (κ1) is 8.82. The lowest BCUT2D eigenvalue weighted by Crippen LogP contribution is -2.43. The van der Waals surface area contributed by atoms with E-state index >= 15 is 0 Å². The SMILES string of the molecule is CC1=CCCC(N2CCNCC2)=C1. The summed E-state index contributed by atoms with van der Waals surface area (Å²) in [7, 11) is 0. The van der Waals surface area contributed by atoms with E-state index in [2.05, 4.69) is 29.3 Å². The molecule has 0 bridgehead atoms. The molecule has 13 heavy (non-hydrogen) atoms. The van der Waals surface area contributed by atoms with Crippen LogP contribution in [0.1, 0.15) is 19.8 Å². The minimum Gasteiger partial charge on any atom is -0.372 e. The lowest BCUT2D eigenvalue weighted by atomic mass is 10.0. The highest BCUT2D eigenvalue weighted by atomic mass is 15.2. The van der Waals surface area contributed by atoms with Gasteiger partial charge in [-0.05, 0) is 25.8 Å². The summed E-state index contributed by atoms with van der Waals surface area (Å²) < 4.78 is 0. The van der Waals surface area contributed by atoms with Gasteiger partial charge in [0.15, 0.2) is 0 Å². The van der Waals surface area contributed by atoms with E-state index in [0.717, 1.165) is 13.1 Å². The van der Waals surface area contributed by atoms with Crippen molar-refractivity contribution in [3.05, 3.63) is 23.4 Å². The quantitative estimate of drug-likeness (QED) is 0.655. The summed E-state index contributed by atoms with van der Waals surface area (Å²) in [5.74, 6) is 0. The fourth-order valence-corrected chi connectivity index (χ4v) is 2.04. The van der Waals surface area contributed by atoms with Gasteiger partial charge in [-0.3, -0.25) is 0 Å². The Bertz CT molecular complexity index is 234. The predicted molar refractivity (Wildman–Crippen MR) is 55.5 cm³/mol. The van der Waals surface area contributed by atoms with E-state index in [4.69, 9.17) is 0 Å². The Kier molecular flexibility index (Phi) is 2.69. The van der Waals surface area contributed by atoms with Gasteiger partial charge in [-0.1, -0.05) is 11.6 Å². The number of nitrogens with one attached hydrogen (secondary N) is 1. The Morgan fingerprint density at radius 2 is 2.08 bits per heavy atom. The highest BCUT2D eigenvalue weighted by molar-refractivity contribution is 5.25. The molecule has 0 unspecified atom stereocenters. The summed E-state index contributed by atoms with van der Waals surface area (Å²) in [6.45, 7) is 6.83. The van der Waals surface area contributed by atoms with Crippen molar-refractivity contribution in [1.82, 2.24) is 10.2 Å². The lowest BCUT2D eigenvalue weighted by molar-refractivity contribution is 0.289. The van der Waals surface area contributed by atoms with Gasteiger partial charge in [-0.25, -0.2) is 0 Å². The second-order valence-electron chi connectivity index (χ2n) is 3.86. The van der Waals surface area contributed by atoms with E-state index in [0.29, 0.717) is 0 Å². The Labute approximate surface area is 80.3 Å². The molecule has 0 radical (unpaired) electrons. The van der Waals surface area contributed by atoms with Gasteiger partial charge in [-0.2, -0.15) is 0 Å². The third-order valence-electron chi connectivity index (χ3n) is 2.78. The Balaban J connectivity index is 2.02. The third kappa shape index (κ3) is 2.13. The molecule has 2 aliphatic rings. The van der Waals surface area contributed by atoms with Crippen LogP contribution in [0.15, 0.2) is 23.4 Å². The molecule has 2 nitrogen and oxygen atoms in total. The van der Waals surface area contributed by atoms with Crippen LogP contribution in [0.4, 0.5) is 0 Å². The molecule has 0 aromatic carbocycles. The molecule has 1 heterocycles. The smallest absolute Gasteiger partial charge is 0.0300 e. The van der Waals surface area contributed by atoms with E-state index < -0.39 is 0 Å². The zero-order valence-corrected chi connectivity index (χ0v) is 8.34. The number of piperazine rings is 1. The van der Waals surface area contributed by atoms with Gasteiger partial charge in [0, 0.05) is 31.9 Å². The minimum absolute atomic E-state index is 1.14. The Morgan fingerprint density at radius 1 is 1.31 bits per heavy atom. The minimum atomic E-state index is 1.14. The third-order valence-corrected chi connectivity index (χ3v) is 2.78. The average Bonchev–Trinajstić information content (AvgIpc) is 2.19. The number of rotatable bonds is 1. The Hall–Kier alpha value is -0.760. The van der Waals surface area contributed by atoms with E-state index in [9.17, 15) is 0 Å². The summed E-state index contributed by atoms with van der Waals surface area (Å²) in [4.78, 5) is 2.52. The topological polar surface area (TPSA) is 15.3 Å². The largest absolute Gasteiger partial charge is 0.372 e. The van der Waals surface area contributed by atoms with Gasteiger partial charge in [0.2, 0.25) is 0 Å². The van der Waals surface area contributed by atoms with Crippen LogP contribution in [-0.4, -0.2) is 31.1 Å². The molecular weight excluding hydrogens is 160 g/mol. The molecule has 1 fully saturated rings. The van der Waals surface area contributed by atoms with Crippen LogP contribution in [0.2, 0.25) is 0 Å². The molecule has 1 aliphatic carbocycles. The molecular formula is C11H18N2. The fourth-order valence-electron chi connectivity index (χ4n) is 2.04. The van der Waals surface area contributed by atoms with Gasteiger partial charge in [0.05, 0.1) is 0 Å². The van der Waals surface area contributed by atoms with E-state index in [1.165, 1.54) is 31.5 Å². The second-order valence-corrected chi connectivity index (χ2v) is 3.86. The van der Waals surface area contributed by atoms with Crippen molar-refractivity contribution in [2.75, 3.05) is 26.2 Å². The zero-order valence-electron chi connectivity index (χ0n) is 8.34. The van der Waals surface area contributed by atoms with Crippen molar-refractivity contribution >= 4 is 0 Å². The van der Waals surface area contributed by atoms with Gasteiger partial charge in [-0.15, -0.1) is 0 Å². The number of allylic oxidation sites excluding steroid dienone is 4. The van der Waals surface area contributed by atoms with Gasteiger partial charge >= 0.3 is 0 Å². The lowest BCUT2D eigenvalue weighted by Gasteiger charge is -2.32. The first-order valence-corrected chi connectivity index (χ1v) is 5.19. The molecule has 0 spiro atoms. The van der Waals surface area contributed by atoms with Gasteiger partial charge in [0.1, 0.15) is 0 Å². The fraction of sp³-hybridized carbons (Fsp3) is 0.636. The molecule has 0 aromatic heterocycles. The number of hydrogen-bond donors (Lipinski definition) is 1. The average molecular weight is 178 g/mol. The number of hydrogen-bond acceptors (Lipinski definition) is 2. The van der Waals surface area contributed by atoms with Crippen LogP contribution in [0, 0.1) is 0 Å². The van der Waals surface area contributed by atoms with E-state index in [-0.39, 0.29) is 0 Å². The predicted octanol–water partition coefficient (Wildman–Crippen LogP) is 1.52. The molecule has 0 atom stereocenters. The van der Waals surface area contributed by atoms with Crippen LogP contribution in [0.5, 0.6) is 0 Å². The highest BCUT2D eigenvalue weighted by Crippen LogP contribution is 2.20. The van der Waals surface area contributed by atoms with Crippen molar-refractivity contribution in [3.63, 3.8) is 0 Å². The van der Waals surface area contributed by atoms with Crippen molar-refractivity contribution in [2.24, 2.45) is 0 Å². The highest BCUT2D eigenvalue weighted by Gasteiger charge is 2.13. The molecule has 0 amide bonds. The van der Waals surface area contributed by atoms with Crippen LogP contribution >= 0.6 is 0 Å². The van der Waals surface area contributed by atoms with Gasteiger partial charge in [0.25, 0.3) is 0 Å². The van der Waals surface area contributed by atoms with E-state index in [1.807, 2.05) is 0 Å². The van der Waals surface area contributed by atoms with Crippen LogP contribution in [-0.2, 0) is 0 Å². The maximum absolute atomic E-state index is 3.38. The zero-order chi connectivity index (χ0) is 9.10. The molecule has 1 aliphatic heterocycles. The van der Waals surface area contributed by atoms with Crippen molar-refractivity contribution in [3.8, 4) is 0 Å². The summed E-state index contributed by atoms with van der Waals surface area (Å²) in [6.07, 6.45) is 7.12. The molecule has 1 saturated heterocycles. The first-order valence-electron chi connectivity index (χ1n) is 5.19. The normalized spacial score (nSPS) is 23.9. The molecule has 72 valence electrons. The van der Waals surface area contributed by atoms with Crippen LogP contribution in [0.3, 0.4) is 0 Å². The second kappa shape index (κ2) is 3.97. The number of nitrogens with zero attached hydrogens (tertiary/aromatic N) is 1. The summed E-state index contributed by atoms with van der Waals surface area (Å²) in [5, 5.41) is 3.38. The van der Waals surface area contributed by atoms with E-state index in [1.54, 1.807) is 5.70 Å². The maximum atomic E-state index is 3.38. The molecule has 0 aromatic rings. The van der Waals surface area contributed by atoms with Crippen molar-refractivity contribution in [2.45, 2.75) is 19.8 Å². The van der Waals surface area contributed by atoms with Crippen LogP contribution in [0.25, 0.3) is 0 Å². The molecule has 2 heteroatoms. The summed E-state index contributed by atoms with van der Waals surface area (Å²) in [5.41, 5.74) is 2.97. The van der Waals surface area contributed by atoms with Crippen LogP contribution < -0.4 is 5.32 Å².